The van der Waals surface area contributed by atoms with Gasteiger partial charge in [-0.15, -0.1) is 0 Å². The average molecular weight is 330 g/mol. The molecular formula is C17H19FN4O2. The van der Waals surface area contributed by atoms with Gasteiger partial charge >= 0.3 is 0 Å². The summed E-state index contributed by atoms with van der Waals surface area (Å²) in [5.74, 6) is 0.770. The zero-order valence-electron chi connectivity index (χ0n) is 13.6. The molecule has 2 atom stereocenters. The number of carbonyl (C=O) groups excluding carboxylic acids is 1. The number of hydrogen-bond acceptors (Lipinski definition) is 4. The molecule has 2 aromatic rings. The zero-order chi connectivity index (χ0) is 16.8. The molecule has 24 heavy (non-hydrogen) atoms. The van der Waals surface area contributed by atoms with Crippen LogP contribution in [0, 0.1) is 5.82 Å². The van der Waals surface area contributed by atoms with Gasteiger partial charge in [0.25, 0.3) is 5.91 Å². The molecule has 1 fully saturated rings. The quantitative estimate of drug-likeness (QED) is 0.832. The number of nitrogens with zero attached hydrogens (tertiary/aromatic N) is 4. The molecule has 0 spiro atoms. The molecule has 2 aliphatic heterocycles. The molecular weight excluding hydrogens is 311 g/mol. The molecule has 6 nitrogen and oxygen atoms in total. The lowest BCUT2D eigenvalue weighted by Gasteiger charge is -2.25. The minimum Gasteiger partial charge on any atom is -0.486 e. The van der Waals surface area contributed by atoms with E-state index in [-0.39, 0.29) is 18.1 Å². The van der Waals surface area contributed by atoms with Crippen molar-refractivity contribution in [2.45, 2.75) is 18.7 Å². The second-order valence-corrected chi connectivity index (χ2v) is 6.43. The van der Waals surface area contributed by atoms with Crippen molar-refractivity contribution in [3.8, 4) is 5.75 Å². The van der Waals surface area contributed by atoms with Gasteiger partial charge < -0.3 is 14.2 Å². The number of aryl methyl sites for hydroxylation is 1. The maximum atomic E-state index is 13.5. The molecule has 0 saturated carbocycles. The Morgan fingerprint density at radius 2 is 2.17 bits per heavy atom. The van der Waals surface area contributed by atoms with Gasteiger partial charge in [-0.2, -0.15) is 0 Å². The Labute approximate surface area is 139 Å². The van der Waals surface area contributed by atoms with E-state index < -0.39 is 5.82 Å². The third kappa shape index (κ3) is 2.45. The topological polar surface area (TPSA) is 50.6 Å². The Kier molecular flexibility index (Phi) is 3.53. The van der Waals surface area contributed by atoms with Gasteiger partial charge in [0, 0.05) is 45.6 Å². The molecule has 7 heteroatoms. The first kappa shape index (κ1) is 15.1. The van der Waals surface area contributed by atoms with Crippen molar-refractivity contribution in [3.63, 3.8) is 0 Å². The number of fused-ring (bicyclic) bond motifs is 2. The monoisotopic (exact) mass is 330 g/mol. The molecule has 2 aliphatic rings. The number of amides is 1. The summed E-state index contributed by atoms with van der Waals surface area (Å²) in [6.45, 7) is 2.07. The van der Waals surface area contributed by atoms with Crippen LogP contribution < -0.4 is 4.74 Å². The lowest BCUT2D eigenvalue weighted by molar-refractivity contribution is 0.0682. The SMILES string of the molecule is CN1C(=O)c2ccc(F)cc2O[C@H]2CN(Cc3nccn3C)C[C@H]21. The van der Waals surface area contributed by atoms with Gasteiger partial charge in [0.05, 0.1) is 18.2 Å². The Balaban J connectivity index is 1.59. The third-order valence-corrected chi connectivity index (χ3v) is 4.87. The summed E-state index contributed by atoms with van der Waals surface area (Å²) in [7, 11) is 3.74. The zero-order valence-corrected chi connectivity index (χ0v) is 13.6. The first-order chi connectivity index (χ1) is 11.5. The number of imidazole rings is 1. The summed E-state index contributed by atoms with van der Waals surface area (Å²) in [5, 5.41) is 0. The summed E-state index contributed by atoms with van der Waals surface area (Å²) in [6.07, 6.45) is 3.51. The first-order valence-corrected chi connectivity index (χ1v) is 7.95. The summed E-state index contributed by atoms with van der Waals surface area (Å²) in [6, 6.07) is 4.02. The number of aromatic nitrogens is 2. The molecule has 1 saturated heterocycles. The van der Waals surface area contributed by atoms with E-state index in [1.807, 2.05) is 17.8 Å². The van der Waals surface area contributed by atoms with Crippen molar-refractivity contribution in [2.24, 2.45) is 7.05 Å². The minimum atomic E-state index is -0.398. The molecule has 0 radical (unpaired) electrons. The Morgan fingerprint density at radius 3 is 2.92 bits per heavy atom. The highest BCUT2D eigenvalue weighted by molar-refractivity contribution is 5.97. The third-order valence-electron chi connectivity index (χ3n) is 4.87. The van der Waals surface area contributed by atoms with Crippen molar-refractivity contribution in [1.82, 2.24) is 19.4 Å². The van der Waals surface area contributed by atoms with Gasteiger partial charge in [0.2, 0.25) is 0 Å². The molecule has 0 N–H and O–H groups in total. The molecule has 126 valence electrons. The molecule has 1 aromatic heterocycles. The Hall–Kier alpha value is -2.41. The second-order valence-electron chi connectivity index (χ2n) is 6.43. The molecule has 0 bridgehead atoms. The molecule has 0 unspecified atom stereocenters. The van der Waals surface area contributed by atoms with Crippen molar-refractivity contribution >= 4 is 5.91 Å². The van der Waals surface area contributed by atoms with Crippen LogP contribution in [0.15, 0.2) is 30.6 Å². The number of halogens is 1. The van der Waals surface area contributed by atoms with Crippen LogP contribution in [0.5, 0.6) is 5.75 Å². The number of ether oxygens (including phenoxy) is 1. The summed E-state index contributed by atoms with van der Waals surface area (Å²) >= 11 is 0. The van der Waals surface area contributed by atoms with Gasteiger partial charge in [-0.25, -0.2) is 9.37 Å². The molecule has 3 heterocycles. The minimum absolute atomic E-state index is 0.0618. The van der Waals surface area contributed by atoms with Crippen LogP contribution in [-0.2, 0) is 13.6 Å². The average Bonchev–Trinajstić information content (AvgIpc) is 3.11. The number of carbonyl (C=O) groups is 1. The van der Waals surface area contributed by atoms with Crippen LogP contribution in [0.4, 0.5) is 4.39 Å². The van der Waals surface area contributed by atoms with Crippen molar-refractivity contribution in [1.29, 1.82) is 0 Å². The van der Waals surface area contributed by atoms with Crippen LogP contribution in [0.1, 0.15) is 16.2 Å². The normalized spacial score (nSPS) is 23.6. The number of likely N-dealkylation sites (tertiary alicyclic amines) is 1. The fourth-order valence-corrected chi connectivity index (χ4v) is 3.47. The molecule has 1 aromatic carbocycles. The summed E-state index contributed by atoms with van der Waals surface area (Å²) in [5.41, 5.74) is 0.420. The van der Waals surface area contributed by atoms with Crippen LogP contribution in [0.25, 0.3) is 0 Å². The largest absolute Gasteiger partial charge is 0.486 e. The maximum absolute atomic E-state index is 13.5. The summed E-state index contributed by atoms with van der Waals surface area (Å²) < 4.78 is 21.5. The predicted molar refractivity (Wildman–Crippen MR) is 85.2 cm³/mol. The van der Waals surface area contributed by atoms with Crippen LogP contribution in [0.3, 0.4) is 0 Å². The van der Waals surface area contributed by atoms with E-state index >= 15 is 0 Å². The number of likely N-dealkylation sites (N-methyl/N-ethyl adjacent to an activating group) is 1. The van der Waals surface area contributed by atoms with E-state index in [2.05, 4.69) is 9.88 Å². The number of rotatable bonds is 2. The molecule has 0 aliphatic carbocycles. The van der Waals surface area contributed by atoms with Gasteiger partial charge in [-0.1, -0.05) is 0 Å². The van der Waals surface area contributed by atoms with Crippen molar-refractivity contribution < 1.29 is 13.9 Å². The van der Waals surface area contributed by atoms with E-state index in [9.17, 15) is 9.18 Å². The van der Waals surface area contributed by atoms with Gasteiger partial charge in [-0.05, 0) is 12.1 Å². The highest BCUT2D eigenvalue weighted by Gasteiger charge is 2.42. The van der Waals surface area contributed by atoms with Crippen LogP contribution in [0.2, 0.25) is 0 Å². The maximum Gasteiger partial charge on any atom is 0.257 e. The fraction of sp³-hybridized carbons (Fsp3) is 0.412. The van der Waals surface area contributed by atoms with E-state index in [0.717, 1.165) is 5.82 Å². The Morgan fingerprint density at radius 1 is 1.33 bits per heavy atom. The first-order valence-electron chi connectivity index (χ1n) is 7.95. The van der Waals surface area contributed by atoms with Crippen molar-refractivity contribution in [2.75, 3.05) is 20.1 Å². The standard InChI is InChI=1S/C17H19FN4O2/c1-20-6-5-19-16(20)10-22-8-13-15(9-22)24-14-7-11(18)3-4-12(14)17(23)21(13)2/h3-7,13,15H,8-10H2,1-2H3/t13-,15+/m1/s1. The molecule has 1 amide bonds. The van der Waals surface area contributed by atoms with Crippen LogP contribution in [-0.4, -0.2) is 57.5 Å². The van der Waals surface area contributed by atoms with Gasteiger partial charge in [0.1, 0.15) is 23.5 Å². The number of hydrogen-bond donors (Lipinski definition) is 0. The van der Waals surface area contributed by atoms with Crippen LogP contribution >= 0.6 is 0 Å². The van der Waals surface area contributed by atoms with Gasteiger partial charge in [0.15, 0.2) is 0 Å². The predicted octanol–water partition coefficient (Wildman–Crippen LogP) is 1.28. The van der Waals surface area contributed by atoms with Gasteiger partial charge in [-0.3, -0.25) is 9.69 Å². The van der Waals surface area contributed by atoms with E-state index in [1.165, 1.54) is 18.2 Å². The fourth-order valence-electron chi connectivity index (χ4n) is 3.47. The number of benzene rings is 1. The van der Waals surface area contributed by atoms with Crippen molar-refractivity contribution in [3.05, 3.63) is 47.8 Å². The lowest BCUT2D eigenvalue weighted by atomic mass is 10.1. The molecule has 4 rings (SSSR count). The highest BCUT2D eigenvalue weighted by atomic mass is 19.1. The van der Waals surface area contributed by atoms with E-state index in [4.69, 9.17) is 4.74 Å². The highest BCUT2D eigenvalue weighted by Crippen LogP contribution is 2.31. The smallest absolute Gasteiger partial charge is 0.257 e. The summed E-state index contributed by atoms with van der Waals surface area (Å²) in [4.78, 5) is 20.9. The second kappa shape index (κ2) is 5.59. The van der Waals surface area contributed by atoms with E-state index in [0.29, 0.717) is 30.9 Å². The lowest BCUT2D eigenvalue weighted by Crippen LogP contribution is -2.44. The van der Waals surface area contributed by atoms with E-state index in [1.54, 1.807) is 18.1 Å². The Bertz CT molecular complexity index is 791.